The minimum absolute atomic E-state index is 0.269. The molecule has 1 amide bonds. The maximum atomic E-state index is 12.0. The molecule has 0 atom stereocenters. The Morgan fingerprint density at radius 2 is 2.00 bits per heavy atom. The summed E-state index contributed by atoms with van der Waals surface area (Å²) in [5.41, 5.74) is 1.28. The molecule has 0 unspecified atom stereocenters. The Hall–Kier alpha value is -1.60. The molecule has 0 bridgehead atoms. The minimum atomic E-state index is -0.562. The largest absolute Gasteiger partial charge is 0.451 e. The van der Waals surface area contributed by atoms with Gasteiger partial charge in [0.05, 0.1) is 0 Å². The van der Waals surface area contributed by atoms with Crippen molar-refractivity contribution in [1.29, 1.82) is 0 Å². The minimum Gasteiger partial charge on any atom is -0.451 e. The molecule has 0 aliphatic carbocycles. The van der Waals surface area contributed by atoms with Crippen LogP contribution in [0.15, 0.2) is 45.5 Å². The summed E-state index contributed by atoms with van der Waals surface area (Å²) in [6.07, 6.45) is 1.62. The number of H-pyrrole nitrogens is 1. The van der Waals surface area contributed by atoms with Crippen LogP contribution in [-0.2, 0) is 16.1 Å². The summed E-state index contributed by atoms with van der Waals surface area (Å²) in [6.45, 7) is 0.141. The normalized spacial score (nSPS) is 10.3. The molecule has 116 valence electrons. The first-order valence-electron chi connectivity index (χ1n) is 6.46. The summed E-state index contributed by atoms with van der Waals surface area (Å²) < 4.78 is 6.68. The summed E-state index contributed by atoms with van der Waals surface area (Å²) in [5.74, 6) is -0.830. The fourth-order valence-corrected chi connectivity index (χ4v) is 2.52. The Labute approximate surface area is 144 Å². The van der Waals surface area contributed by atoms with Gasteiger partial charge in [-0.15, -0.1) is 0 Å². The number of nitrogens with zero attached hydrogens (tertiary/aromatic N) is 1. The van der Waals surface area contributed by atoms with Crippen molar-refractivity contribution in [2.75, 3.05) is 13.7 Å². The summed E-state index contributed by atoms with van der Waals surface area (Å²) in [5, 5.41) is 0. The molecule has 1 aromatic carbocycles. The number of carbonyl (C=O) groups excluding carboxylic acids is 2. The average Bonchev–Trinajstić information content (AvgIpc) is 2.93. The monoisotopic (exact) mass is 428 g/mol. The molecule has 0 saturated carbocycles. The van der Waals surface area contributed by atoms with Gasteiger partial charge in [0.25, 0.3) is 5.91 Å². The van der Waals surface area contributed by atoms with Crippen LogP contribution in [0.5, 0.6) is 0 Å². The fraction of sp³-hybridized carbons (Fsp3) is 0.200. The number of benzene rings is 1. The Kier molecular flexibility index (Phi) is 5.79. The SMILES string of the molecule is CN(Cc1ccccc1Br)C(=O)COC(=O)c1cc(Br)c[nH]1. The number of aromatic amines is 1. The predicted molar refractivity (Wildman–Crippen MR) is 89.4 cm³/mol. The third-order valence-corrected chi connectivity index (χ3v) is 4.22. The summed E-state index contributed by atoms with van der Waals surface area (Å²) in [6, 6.07) is 9.25. The molecule has 0 radical (unpaired) electrons. The molecule has 0 aliphatic rings. The number of hydrogen-bond donors (Lipinski definition) is 1. The lowest BCUT2D eigenvalue weighted by atomic mass is 10.2. The van der Waals surface area contributed by atoms with Crippen molar-refractivity contribution in [2.45, 2.75) is 6.54 Å². The van der Waals surface area contributed by atoms with E-state index in [9.17, 15) is 9.59 Å². The molecular weight excluding hydrogens is 416 g/mol. The van der Waals surface area contributed by atoms with E-state index in [1.807, 2.05) is 24.3 Å². The van der Waals surface area contributed by atoms with E-state index in [-0.39, 0.29) is 12.5 Å². The van der Waals surface area contributed by atoms with Crippen LogP contribution in [0.3, 0.4) is 0 Å². The summed E-state index contributed by atoms with van der Waals surface area (Å²) >= 11 is 6.67. The van der Waals surface area contributed by atoms with Gasteiger partial charge in [-0.1, -0.05) is 34.1 Å². The number of ether oxygens (including phenoxy) is 1. The van der Waals surface area contributed by atoms with E-state index in [1.54, 1.807) is 19.3 Å². The Morgan fingerprint density at radius 3 is 2.64 bits per heavy atom. The van der Waals surface area contributed by atoms with Gasteiger partial charge in [-0.3, -0.25) is 4.79 Å². The van der Waals surface area contributed by atoms with Gasteiger partial charge in [0.15, 0.2) is 6.61 Å². The predicted octanol–water partition coefficient (Wildman–Crippen LogP) is 3.36. The number of nitrogens with one attached hydrogen (secondary N) is 1. The van der Waals surface area contributed by atoms with Crippen molar-refractivity contribution in [3.05, 3.63) is 56.7 Å². The standard InChI is InChI=1S/C15H14Br2N2O3/c1-19(8-10-4-2-3-5-12(10)17)14(20)9-22-15(21)13-6-11(16)7-18-13/h2-7,18H,8-9H2,1H3. The van der Waals surface area contributed by atoms with Gasteiger partial charge in [0.2, 0.25) is 0 Å². The van der Waals surface area contributed by atoms with Crippen molar-refractivity contribution >= 4 is 43.7 Å². The second-order valence-corrected chi connectivity index (χ2v) is 6.42. The fourth-order valence-electron chi connectivity index (χ4n) is 1.77. The number of amides is 1. The van der Waals surface area contributed by atoms with Crippen LogP contribution in [-0.4, -0.2) is 35.4 Å². The van der Waals surface area contributed by atoms with Crippen LogP contribution in [0.1, 0.15) is 16.1 Å². The second kappa shape index (κ2) is 7.60. The number of aromatic nitrogens is 1. The smallest absolute Gasteiger partial charge is 0.355 e. The lowest BCUT2D eigenvalue weighted by Crippen LogP contribution is -2.31. The van der Waals surface area contributed by atoms with Crippen LogP contribution in [0, 0.1) is 0 Å². The molecule has 2 rings (SSSR count). The van der Waals surface area contributed by atoms with Gasteiger partial charge in [-0.05, 0) is 33.6 Å². The molecule has 22 heavy (non-hydrogen) atoms. The Balaban J connectivity index is 1.86. The van der Waals surface area contributed by atoms with Crippen molar-refractivity contribution in [3.63, 3.8) is 0 Å². The van der Waals surface area contributed by atoms with Crippen LogP contribution < -0.4 is 0 Å². The van der Waals surface area contributed by atoms with Crippen LogP contribution in [0.25, 0.3) is 0 Å². The van der Waals surface area contributed by atoms with Gasteiger partial charge in [-0.25, -0.2) is 4.79 Å². The Morgan fingerprint density at radius 1 is 1.27 bits per heavy atom. The van der Waals surface area contributed by atoms with Gasteiger partial charge >= 0.3 is 5.97 Å². The van der Waals surface area contributed by atoms with E-state index in [1.165, 1.54) is 4.90 Å². The lowest BCUT2D eigenvalue weighted by molar-refractivity contribution is -0.133. The second-order valence-electron chi connectivity index (χ2n) is 4.65. The zero-order valence-corrected chi connectivity index (χ0v) is 15.0. The molecule has 5 nitrogen and oxygen atoms in total. The van der Waals surface area contributed by atoms with Crippen molar-refractivity contribution < 1.29 is 14.3 Å². The Bertz CT molecular complexity index is 685. The van der Waals surface area contributed by atoms with Gasteiger partial charge < -0.3 is 14.6 Å². The third-order valence-electron chi connectivity index (χ3n) is 2.99. The quantitative estimate of drug-likeness (QED) is 0.741. The van der Waals surface area contributed by atoms with Crippen molar-refractivity contribution in [1.82, 2.24) is 9.88 Å². The number of likely N-dealkylation sites (N-methyl/N-ethyl adjacent to an activating group) is 1. The van der Waals surface area contributed by atoms with Gasteiger partial charge in [-0.2, -0.15) is 0 Å². The first-order chi connectivity index (χ1) is 10.5. The molecule has 0 saturated heterocycles. The number of carbonyl (C=O) groups is 2. The molecule has 2 aromatic rings. The highest BCUT2D eigenvalue weighted by Gasteiger charge is 2.15. The summed E-state index contributed by atoms with van der Waals surface area (Å²) in [7, 11) is 1.67. The van der Waals surface area contributed by atoms with Gasteiger partial charge in [0.1, 0.15) is 5.69 Å². The maximum Gasteiger partial charge on any atom is 0.355 e. The average molecular weight is 430 g/mol. The van der Waals surface area contributed by atoms with E-state index in [4.69, 9.17) is 4.74 Å². The maximum absolute atomic E-state index is 12.0. The van der Waals surface area contributed by atoms with Crippen molar-refractivity contribution in [2.24, 2.45) is 0 Å². The van der Waals surface area contributed by atoms with Crippen LogP contribution in [0.4, 0.5) is 0 Å². The van der Waals surface area contributed by atoms with Crippen LogP contribution in [0.2, 0.25) is 0 Å². The van der Waals surface area contributed by atoms with Gasteiger partial charge in [0, 0.05) is 28.7 Å². The highest BCUT2D eigenvalue weighted by atomic mass is 79.9. The van der Waals surface area contributed by atoms with E-state index < -0.39 is 5.97 Å². The molecule has 0 aliphatic heterocycles. The number of rotatable bonds is 5. The highest BCUT2D eigenvalue weighted by Crippen LogP contribution is 2.17. The van der Waals surface area contributed by atoms with E-state index in [0.29, 0.717) is 12.2 Å². The zero-order valence-electron chi connectivity index (χ0n) is 11.8. The highest BCUT2D eigenvalue weighted by molar-refractivity contribution is 9.10. The molecule has 7 heteroatoms. The topological polar surface area (TPSA) is 62.4 Å². The lowest BCUT2D eigenvalue weighted by Gasteiger charge is -2.17. The number of esters is 1. The molecule has 0 fully saturated rings. The number of halogens is 2. The number of hydrogen-bond acceptors (Lipinski definition) is 3. The zero-order chi connectivity index (χ0) is 16.1. The van der Waals surface area contributed by atoms with E-state index >= 15 is 0 Å². The summed E-state index contributed by atoms with van der Waals surface area (Å²) in [4.78, 5) is 28.0. The molecule has 1 aromatic heterocycles. The first kappa shape index (κ1) is 16.8. The molecule has 1 heterocycles. The molecule has 1 N–H and O–H groups in total. The van der Waals surface area contributed by atoms with E-state index in [2.05, 4.69) is 36.8 Å². The van der Waals surface area contributed by atoms with Crippen LogP contribution >= 0.6 is 31.9 Å². The van der Waals surface area contributed by atoms with E-state index in [0.717, 1.165) is 14.5 Å². The molecule has 0 spiro atoms. The first-order valence-corrected chi connectivity index (χ1v) is 8.04. The molecular formula is C15H14Br2N2O3. The third kappa shape index (κ3) is 4.45. The van der Waals surface area contributed by atoms with Crippen molar-refractivity contribution in [3.8, 4) is 0 Å².